The van der Waals surface area contributed by atoms with E-state index in [4.69, 9.17) is 5.73 Å². The SMILES string of the molecule is [NH]C[CH]Nc1ccccc1. The lowest BCUT2D eigenvalue weighted by molar-refractivity contribution is 1.10. The molecule has 2 heteroatoms. The molecule has 0 aliphatic rings. The van der Waals surface area contributed by atoms with Gasteiger partial charge in [-0.3, -0.25) is 5.73 Å². The number of anilines is 1. The molecular formula is C8H10N2. The van der Waals surface area contributed by atoms with Crippen molar-refractivity contribution in [2.75, 3.05) is 11.9 Å². The largest absolute Gasteiger partial charge is 0.379 e. The van der Waals surface area contributed by atoms with E-state index in [1.54, 1.807) is 6.54 Å². The Kier molecular flexibility index (Phi) is 2.77. The Balaban J connectivity index is 2.43. The van der Waals surface area contributed by atoms with Gasteiger partial charge in [-0.2, -0.15) is 0 Å². The third-order valence-corrected chi connectivity index (χ3v) is 1.14. The molecule has 52 valence electrons. The molecule has 1 aromatic rings. The smallest absolute Gasteiger partial charge is 0.0614 e. The number of benzene rings is 1. The first-order valence-electron chi connectivity index (χ1n) is 3.21. The molecule has 1 aromatic carbocycles. The van der Waals surface area contributed by atoms with Crippen LogP contribution in [0.3, 0.4) is 0 Å². The van der Waals surface area contributed by atoms with Crippen LogP contribution in [0.15, 0.2) is 30.3 Å². The molecule has 10 heavy (non-hydrogen) atoms. The summed E-state index contributed by atoms with van der Waals surface area (Å²) in [5.41, 5.74) is 7.87. The number of hydrogen-bond acceptors (Lipinski definition) is 1. The van der Waals surface area contributed by atoms with Gasteiger partial charge in [-0.05, 0) is 12.1 Å². The quantitative estimate of drug-likeness (QED) is 0.668. The van der Waals surface area contributed by atoms with Crippen molar-refractivity contribution in [3.05, 3.63) is 36.9 Å². The van der Waals surface area contributed by atoms with E-state index in [1.165, 1.54) is 0 Å². The van der Waals surface area contributed by atoms with Gasteiger partial charge in [0.15, 0.2) is 0 Å². The number of nitrogens with one attached hydrogen (secondary N) is 2. The molecule has 0 saturated carbocycles. The number of para-hydroxylation sites is 1. The molecule has 0 bridgehead atoms. The van der Waals surface area contributed by atoms with Gasteiger partial charge >= 0.3 is 0 Å². The van der Waals surface area contributed by atoms with Gasteiger partial charge in [0.05, 0.1) is 6.54 Å². The van der Waals surface area contributed by atoms with Gasteiger partial charge in [-0.1, -0.05) is 18.2 Å². The summed E-state index contributed by atoms with van der Waals surface area (Å²) in [5.74, 6) is 0. The third kappa shape index (κ3) is 2.07. The van der Waals surface area contributed by atoms with E-state index < -0.39 is 0 Å². The van der Waals surface area contributed by atoms with E-state index in [-0.39, 0.29) is 0 Å². The molecule has 0 aliphatic heterocycles. The standard InChI is InChI=1S/C8H10N2/c9-6-7-10-8-4-2-1-3-5-8/h1-5,7,9-10H,6H2. The molecule has 0 unspecified atom stereocenters. The summed E-state index contributed by atoms with van der Waals surface area (Å²) < 4.78 is 0. The Labute approximate surface area is 61.1 Å². The third-order valence-electron chi connectivity index (χ3n) is 1.14. The molecule has 0 saturated heterocycles. The fourth-order valence-corrected chi connectivity index (χ4v) is 0.703. The van der Waals surface area contributed by atoms with Crippen LogP contribution < -0.4 is 11.1 Å². The Morgan fingerprint density at radius 1 is 1.30 bits per heavy atom. The minimum atomic E-state index is 0.300. The summed E-state index contributed by atoms with van der Waals surface area (Å²) in [6.45, 7) is 2.00. The highest BCUT2D eigenvalue weighted by atomic mass is 14.9. The van der Waals surface area contributed by atoms with Gasteiger partial charge in [0, 0.05) is 12.2 Å². The van der Waals surface area contributed by atoms with Gasteiger partial charge in [-0.15, -0.1) is 0 Å². The molecular weight excluding hydrogens is 124 g/mol. The molecule has 2 nitrogen and oxygen atoms in total. The second kappa shape index (κ2) is 3.90. The van der Waals surface area contributed by atoms with E-state index in [0.717, 1.165) is 5.69 Å². The van der Waals surface area contributed by atoms with Crippen LogP contribution in [0.1, 0.15) is 0 Å². The molecule has 2 N–H and O–H groups in total. The van der Waals surface area contributed by atoms with Crippen molar-refractivity contribution in [2.24, 2.45) is 0 Å². The Bertz CT molecular complexity index is 172. The van der Waals surface area contributed by atoms with Crippen LogP contribution in [0.2, 0.25) is 0 Å². The lowest BCUT2D eigenvalue weighted by atomic mass is 10.3. The summed E-state index contributed by atoms with van der Waals surface area (Å²) in [5, 5.41) is 2.98. The Morgan fingerprint density at radius 3 is 2.60 bits per heavy atom. The zero-order chi connectivity index (χ0) is 7.23. The molecule has 0 spiro atoms. The lowest BCUT2D eigenvalue weighted by Crippen LogP contribution is -1.98. The van der Waals surface area contributed by atoms with Crippen LogP contribution in [0.4, 0.5) is 5.69 Å². The van der Waals surface area contributed by atoms with E-state index >= 15 is 0 Å². The average molecular weight is 134 g/mol. The van der Waals surface area contributed by atoms with Crippen LogP contribution >= 0.6 is 0 Å². The predicted molar refractivity (Wildman–Crippen MR) is 42.3 cm³/mol. The average Bonchev–Trinajstić information content (AvgIpc) is 2.03. The van der Waals surface area contributed by atoms with Crippen molar-refractivity contribution in [1.29, 1.82) is 0 Å². The first kappa shape index (κ1) is 7.09. The zero-order valence-corrected chi connectivity index (χ0v) is 5.67. The van der Waals surface area contributed by atoms with Crippen LogP contribution in [0, 0.1) is 6.54 Å². The van der Waals surface area contributed by atoms with E-state index in [2.05, 4.69) is 5.32 Å². The fraction of sp³-hybridized carbons (Fsp3) is 0.125. The van der Waals surface area contributed by atoms with Crippen molar-refractivity contribution in [3.8, 4) is 0 Å². The van der Waals surface area contributed by atoms with Crippen LogP contribution in [0.25, 0.3) is 0 Å². The maximum atomic E-state index is 6.83. The first-order chi connectivity index (χ1) is 4.93. The molecule has 0 aromatic heterocycles. The minimum absolute atomic E-state index is 0.300. The monoisotopic (exact) mass is 134 g/mol. The second-order valence-electron chi connectivity index (χ2n) is 1.92. The van der Waals surface area contributed by atoms with Gasteiger partial charge in [0.2, 0.25) is 0 Å². The molecule has 0 fully saturated rings. The summed E-state index contributed by atoms with van der Waals surface area (Å²) >= 11 is 0. The van der Waals surface area contributed by atoms with Gasteiger partial charge in [0.1, 0.15) is 0 Å². The van der Waals surface area contributed by atoms with Crippen molar-refractivity contribution in [2.45, 2.75) is 0 Å². The summed E-state index contributed by atoms with van der Waals surface area (Å²) in [6, 6.07) is 9.81. The lowest BCUT2D eigenvalue weighted by Gasteiger charge is -2.00. The topological polar surface area (TPSA) is 35.8 Å². The maximum Gasteiger partial charge on any atom is 0.0614 e. The highest BCUT2D eigenvalue weighted by molar-refractivity contribution is 5.43. The highest BCUT2D eigenvalue weighted by Gasteiger charge is 1.85. The summed E-state index contributed by atoms with van der Waals surface area (Å²) in [4.78, 5) is 0. The van der Waals surface area contributed by atoms with Crippen LogP contribution in [0.5, 0.6) is 0 Å². The van der Waals surface area contributed by atoms with Crippen LogP contribution in [-0.2, 0) is 0 Å². The minimum Gasteiger partial charge on any atom is -0.379 e. The first-order valence-corrected chi connectivity index (χ1v) is 3.21. The van der Waals surface area contributed by atoms with Crippen molar-refractivity contribution < 1.29 is 0 Å². The molecule has 1 rings (SSSR count). The molecule has 0 amide bonds. The van der Waals surface area contributed by atoms with Gasteiger partial charge in [-0.25, -0.2) is 0 Å². The highest BCUT2D eigenvalue weighted by Crippen LogP contribution is 2.04. The van der Waals surface area contributed by atoms with E-state index in [9.17, 15) is 0 Å². The predicted octanol–water partition coefficient (Wildman–Crippen LogP) is 1.54. The summed E-state index contributed by atoms with van der Waals surface area (Å²) in [7, 11) is 0. The Hall–Kier alpha value is -1.02. The van der Waals surface area contributed by atoms with Gasteiger partial charge < -0.3 is 5.32 Å². The normalized spacial score (nSPS) is 9.30. The van der Waals surface area contributed by atoms with E-state index in [0.29, 0.717) is 6.54 Å². The molecule has 0 atom stereocenters. The number of hydrogen-bond donors (Lipinski definition) is 1. The fourth-order valence-electron chi connectivity index (χ4n) is 0.703. The van der Waals surface area contributed by atoms with E-state index in [1.807, 2.05) is 30.3 Å². The molecule has 2 radical (unpaired) electrons. The second-order valence-corrected chi connectivity index (χ2v) is 1.92. The van der Waals surface area contributed by atoms with Crippen LogP contribution in [-0.4, -0.2) is 6.54 Å². The summed E-state index contributed by atoms with van der Waals surface area (Å²) in [6.07, 6.45) is 0. The van der Waals surface area contributed by atoms with Crippen molar-refractivity contribution >= 4 is 5.69 Å². The van der Waals surface area contributed by atoms with Crippen molar-refractivity contribution in [3.63, 3.8) is 0 Å². The Morgan fingerprint density at radius 2 is 2.00 bits per heavy atom. The molecule has 0 aliphatic carbocycles. The molecule has 0 heterocycles. The van der Waals surface area contributed by atoms with Crippen molar-refractivity contribution in [1.82, 2.24) is 5.73 Å². The number of rotatable bonds is 3. The zero-order valence-electron chi connectivity index (χ0n) is 5.67. The maximum absolute atomic E-state index is 6.83. The van der Waals surface area contributed by atoms with Gasteiger partial charge in [0.25, 0.3) is 0 Å².